The molecule has 2 N–H and O–H groups in total. The van der Waals surface area contributed by atoms with Gasteiger partial charge in [-0.3, -0.25) is 4.79 Å². The van der Waals surface area contributed by atoms with Crippen molar-refractivity contribution >= 4 is 11.9 Å². The highest BCUT2D eigenvalue weighted by atomic mass is 19.4. The van der Waals surface area contributed by atoms with Gasteiger partial charge in [-0.1, -0.05) is 0 Å². The Labute approximate surface area is 253 Å². The molecule has 0 aliphatic heterocycles. The first-order chi connectivity index (χ1) is 21.4. The summed E-state index contributed by atoms with van der Waals surface area (Å²) < 4.78 is 408. The monoisotopic (exact) mass is 840 g/mol. The first-order valence-corrected chi connectivity index (χ1v) is 10.5. The van der Waals surface area contributed by atoms with Gasteiger partial charge in [-0.2, -0.15) is 132 Å². The fourth-order valence-corrected chi connectivity index (χ4v) is 3.37. The molecule has 0 heterocycles. The molecule has 0 rings (SSSR count). The van der Waals surface area contributed by atoms with Crippen molar-refractivity contribution in [1.82, 2.24) is 0 Å². The molecule has 0 aliphatic rings. The number of hydrogen-bond acceptors (Lipinski definition) is 2. The molecule has 0 radical (unpaired) electrons. The number of rotatable bonds is 14. The van der Waals surface area contributed by atoms with Crippen LogP contribution in [0.5, 0.6) is 0 Å². The zero-order valence-electron chi connectivity index (χ0n) is 21.5. The summed E-state index contributed by atoms with van der Waals surface area (Å²) in [7, 11) is 0. The van der Waals surface area contributed by atoms with Crippen molar-refractivity contribution in [2.24, 2.45) is 5.41 Å². The average Bonchev–Trinajstić information content (AvgIpc) is 2.85. The zero-order chi connectivity index (χ0) is 42.7. The van der Waals surface area contributed by atoms with Gasteiger partial charge >= 0.3 is 95.4 Å². The van der Waals surface area contributed by atoms with Crippen LogP contribution in [0.2, 0.25) is 0 Å². The normalized spacial score (nSPS) is 17.7. The lowest BCUT2D eigenvalue weighted by Crippen LogP contribution is -2.84. The summed E-state index contributed by atoms with van der Waals surface area (Å²) >= 11 is 0. The lowest BCUT2D eigenvalue weighted by Gasteiger charge is -2.51. The van der Waals surface area contributed by atoms with Crippen LogP contribution in [0.4, 0.5) is 132 Å². The number of hydrogen-bond donors (Lipinski definition) is 2. The van der Waals surface area contributed by atoms with Gasteiger partial charge in [-0.15, -0.1) is 0 Å². The molecule has 0 aromatic rings. The second-order valence-corrected chi connectivity index (χ2v) is 9.25. The molecule has 34 heteroatoms. The van der Waals surface area contributed by atoms with Gasteiger partial charge in [0.15, 0.2) is 0 Å². The predicted molar refractivity (Wildman–Crippen MR) is 89.2 cm³/mol. The standard InChI is InChI=1S/C17H2F30O4/c18-4(19,2(50)51)8(26,27)5(20,21)3(1(48)49,7(24,25)16(42,43)44)6(22,23)9(28,29)10(30,31)11(32,33)12(34,35)13(36,37)14(38,39)15(40,41)17(45,46)47/h(H,48,49)(H,50,51). The maximum atomic E-state index is 14.7. The van der Waals surface area contributed by atoms with E-state index in [-0.39, 0.29) is 0 Å². The van der Waals surface area contributed by atoms with Crippen molar-refractivity contribution in [2.75, 3.05) is 0 Å². The van der Waals surface area contributed by atoms with Gasteiger partial charge in [-0.05, 0) is 0 Å². The van der Waals surface area contributed by atoms with Gasteiger partial charge in [0.1, 0.15) is 0 Å². The zero-order valence-corrected chi connectivity index (χ0v) is 21.5. The fraction of sp³-hybridized carbons (Fsp3) is 0.882. The topological polar surface area (TPSA) is 74.6 Å². The second kappa shape index (κ2) is 11.4. The molecule has 0 bridgehead atoms. The third-order valence-electron chi connectivity index (χ3n) is 6.26. The molecular weight excluding hydrogens is 838 g/mol. The highest BCUT2D eigenvalue weighted by Crippen LogP contribution is 2.73. The number of carbonyl (C=O) groups is 2. The van der Waals surface area contributed by atoms with Crippen molar-refractivity contribution in [3.8, 4) is 0 Å². The van der Waals surface area contributed by atoms with Crippen molar-refractivity contribution < 1.29 is 152 Å². The summed E-state index contributed by atoms with van der Waals surface area (Å²) in [6, 6.07) is 0. The van der Waals surface area contributed by atoms with Crippen molar-refractivity contribution in [2.45, 2.75) is 83.4 Å². The molecule has 4 nitrogen and oxygen atoms in total. The Bertz CT molecular complexity index is 1350. The van der Waals surface area contributed by atoms with Gasteiger partial charge in [0.25, 0.3) is 5.41 Å². The van der Waals surface area contributed by atoms with E-state index in [0.717, 1.165) is 0 Å². The molecular formula is C17H2F30O4. The summed E-state index contributed by atoms with van der Waals surface area (Å²) in [5.74, 6) is -129. The minimum Gasteiger partial charge on any atom is -0.480 e. The Hall–Kier alpha value is -3.16. The molecule has 0 aromatic carbocycles. The molecule has 1 atom stereocenters. The van der Waals surface area contributed by atoms with E-state index in [1.807, 2.05) is 0 Å². The first-order valence-electron chi connectivity index (χ1n) is 10.5. The van der Waals surface area contributed by atoms with Crippen LogP contribution in [-0.4, -0.2) is 106 Å². The summed E-state index contributed by atoms with van der Waals surface area (Å²) in [6.07, 6.45) is -17.6. The lowest BCUT2D eigenvalue weighted by molar-refractivity contribution is -0.490. The molecule has 0 aliphatic carbocycles. The van der Waals surface area contributed by atoms with Crippen LogP contribution >= 0.6 is 0 Å². The van der Waals surface area contributed by atoms with Crippen LogP contribution < -0.4 is 0 Å². The van der Waals surface area contributed by atoms with Gasteiger partial charge in [0.2, 0.25) is 0 Å². The van der Waals surface area contributed by atoms with Crippen molar-refractivity contribution in [3.63, 3.8) is 0 Å². The highest BCUT2D eigenvalue weighted by Gasteiger charge is 3.05. The maximum Gasteiger partial charge on any atom is 0.460 e. The highest BCUT2D eigenvalue weighted by molar-refractivity contribution is 5.82. The first kappa shape index (κ1) is 47.8. The quantitative estimate of drug-likeness (QED) is 0.172. The molecule has 1 unspecified atom stereocenters. The Morgan fingerprint density at radius 2 is 0.451 bits per heavy atom. The Morgan fingerprint density at radius 3 is 0.647 bits per heavy atom. The number of carboxylic acids is 2. The van der Waals surface area contributed by atoms with E-state index < -0.39 is 101 Å². The van der Waals surface area contributed by atoms with Crippen molar-refractivity contribution in [3.05, 3.63) is 0 Å². The van der Waals surface area contributed by atoms with E-state index in [4.69, 9.17) is 10.2 Å². The smallest absolute Gasteiger partial charge is 0.460 e. The van der Waals surface area contributed by atoms with Crippen LogP contribution in [0.15, 0.2) is 0 Å². The molecule has 51 heavy (non-hydrogen) atoms. The third kappa shape index (κ3) is 5.18. The van der Waals surface area contributed by atoms with E-state index in [0.29, 0.717) is 0 Å². The number of carboxylic acid groups (broad SMARTS) is 2. The molecule has 304 valence electrons. The predicted octanol–water partition coefficient (Wildman–Crippen LogP) is 8.89. The van der Waals surface area contributed by atoms with Crippen LogP contribution in [0.3, 0.4) is 0 Å². The number of halogens is 30. The lowest BCUT2D eigenvalue weighted by atomic mass is 9.63. The third-order valence-corrected chi connectivity index (χ3v) is 6.26. The van der Waals surface area contributed by atoms with E-state index in [9.17, 15) is 141 Å². The van der Waals surface area contributed by atoms with E-state index in [1.54, 1.807) is 0 Å². The number of aliphatic carboxylic acids is 2. The van der Waals surface area contributed by atoms with Gasteiger partial charge in [0.05, 0.1) is 0 Å². The Kier molecular flexibility index (Phi) is 10.7. The largest absolute Gasteiger partial charge is 0.480 e. The van der Waals surface area contributed by atoms with Gasteiger partial charge < -0.3 is 10.2 Å². The molecule has 0 spiro atoms. The summed E-state index contributed by atoms with van der Waals surface area (Å²) in [5, 5.41) is 16.2. The van der Waals surface area contributed by atoms with E-state index in [2.05, 4.69) is 0 Å². The summed E-state index contributed by atoms with van der Waals surface area (Å²) in [5.41, 5.74) is -10.2. The summed E-state index contributed by atoms with van der Waals surface area (Å²) in [6.45, 7) is 0. The minimum absolute atomic E-state index is 5.10. The fourth-order valence-electron chi connectivity index (χ4n) is 3.37. The molecule has 0 saturated heterocycles. The van der Waals surface area contributed by atoms with Crippen molar-refractivity contribution in [1.29, 1.82) is 0 Å². The Morgan fingerprint density at radius 1 is 0.255 bits per heavy atom. The summed E-state index contributed by atoms with van der Waals surface area (Å²) in [4.78, 5) is 21.3. The molecule has 0 saturated carbocycles. The Balaban J connectivity index is 8.71. The SMILES string of the molecule is O=C(O)C(F)(F)C(F)(F)C(F)(F)C(C(=O)O)(C(F)(F)C(F)(F)F)C(F)(F)C(F)(F)C(F)(F)C(F)(F)C(F)(F)C(F)(F)C(F)(F)C(F)(F)C(F)(F)F. The second-order valence-electron chi connectivity index (χ2n) is 9.25. The van der Waals surface area contributed by atoms with Gasteiger partial charge in [-0.25, -0.2) is 4.79 Å². The molecule has 0 amide bonds. The molecule has 0 fully saturated rings. The maximum absolute atomic E-state index is 14.7. The van der Waals surface area contributed by atoms with E-state index >= 15 is 0 Å². The van der Waals surface area contributed by atoms with Gasteiger partial charge in [0, 0.05) is 0 Å². The van der Waals surface area contributed by atoms with Crippen LogP contribution in [0, 0.1) is 5.41 Å². The number of alkyl halides is 30. The minimum atomic E-state index is -10.6. The van der Waals surface area contributed by atoms with Crippen LogP contribution in [0.1, 0.15) is 0 Å². The molecule has 0 aromatic heterocycles. The van der Waals surface area contributed by atoms with Crippen LogP contribution in [-0.2, 0) is 9.59 Å². The average molecular weight is 840 g/mol. The van der Waals surface area contributed by atoms with Crippen LogP contribution in [0.25, 0.3) is 0 Å². The van der Waals surface area contributed by atoms with E-state index in [1.165, 1.54) is 0 Å².